The Morgan fingerprint density at radius 3 is 2.79 bits per heavy atom. The summed E-state index contributed by atoms with van der Waals surface area (Å²) < 4.78 is 36.7. The topological polar surface area (TPSA) is 70.1 Å². The monoisotopic (exact) mass is 276 g/mol. The summed E-state index contributed by atoms with van der Waals surface area (Å²) >= 11 is 0. The van der Waals surface area contributed by atoms with Gasteiger partial charge in [0.2, 0.25) is 0 Å². The predicted molar refractivity (Wildman–Crippen MR) is 62.9 cm³/mol. The van der Waals surface area contributed by atoms with E-state index in [0.717, 1.165) is 24.3 Å². The minimum Gasteiger partial charge on any atom is -0.382 e. The number of nitrogens with zero attached hydrogens (tertiary/aromatic N) is 2. The lowest BCUT2D eigenvalue weighted by Gasteiger charge is -2.17. The Bertz CT molecular complexity index is 438. The number of alkyl halides is 3. The van der Waals surface area contributed by atoms with Crippen LogP contribution in [0.15, 0.2) is 6.33 Å². The van der Waals surface area contributed by atoms with Gasteiger partial charge >= 0.3 is 6.18 Å². The van der Waals surface area contributed by atoms with E-state index in [4.69, 9.17) is 5.11 Å². The zero-order valence-electron chi connectivity index (χ0n) is 10.2. The normalized spacial score (nSPS) is 17.5. The second-order valence-electron chi connectivity index (χ2n) is 4.34. The van der Waals surface area contributed by atoms with Gasteiger partial charge in [0.1, 0.15) is 12.1 Å². The SMILES string of the molecule is O[C@@H](CNc1ncnc2c1CCNCC2)C(F)(F)F. The molecule has 5 nitrogen and oxygen atoms in total. The summed E-state index contributed by atoms with van der Waals surface area (Å²) in [5, 5.41) is 14.7. The highest BCUT2D eigenvalue weighted by molar-refractivity contribution is 5.46. The maximum atomic E-state index is 12.2. The van der Waals surface area contributed by atoms with Crippen LogP contribution in [0.1, 0.15) is 11.3 Å². The summed E-state index contributed by atoms with van der Waals surface area (Å²) in [4.78, 5) is 8.10. The van der Waals surface area contributed by atoms with Crippen LogP contribution in [0.4, 0.5) is 19.0 Å². The third-order valence-corrected chi connectivity index (χ3v) is 2.97. The molecule has 0 amide bonds. The third-order valence-electron chi connectivity index (χ3n) is 2.97. The molecule has 106 valence electrons. The van der Waals surface area contributed by atoms with Crippen LogP contribution in [-0.4, -0.2) is 47.0 Å². The minimum atomic E-state index is -4.63. The number of halogens is 3. The van der Waals surface area contributed by atoms with Gasteiger partial charge in [-0.15, -0.1) is 0 Å². The summed E-state index contributed by atoms with van der Waals surface area (Å²) in [6, 6.07) is 0. The number of aromatic nitrogens is 2. The van der Waals surface area contributed by atoms with Gasteiger partial charge in [-0.1, -0.05) is 0 Å². The maximum Gasteiger partial charge on any atom is 0.416 e. The number of nitrogens with one attached hydrogen (secondary N) is 2. The van der Waals surface area contributed by atoms with Crippen LogP contribution in [0, 0.1) is 0 Å². The van der Waals surface area contributed by atoms with E-state index in [0.29, 0.717) is 18.7 Å². The average Bonchev–Trinajstić information content (AvgIpc) is 2.60. The average molecular weight is 276 g/mol. The molecule has 1 atom stereocenters. The molecule has 0 aliphatic carbocycles. The van der Waals surface area contributed by atoms with E-state index in [1.165, 1.54) is 6.33 Å². The maximum absolute atomic E-state index is 12.2. The van der Waals surface area contributed by atoms with E-state index < -0.39 is 18.8 Å². The van der Waals surface area contributed by atoms with Crippen LogP contribution in [0.5, 0.6) is 0 Å². The Balaban J connectivity index is 2.09. The fraction of sp³-hybridized carbons (Fsp3) is 0.636. The molecule has 3 N–H and O–H groups in total. The van der Waals surface area contributed by atoms with E-state index in [-0.39, 0.29) is 0 Å². The summed E-state index contributed by atoms with van der Waals surface area (Å²) in [6.07, 6.45) is -4.33. The number of hydrogen-bond donors (Lipinski definition) is 3. The molecule has 1 aliphatic rings. The molecule has 0 spiro atoms. The molecule has 0 fully saturated rings. The number of aliphatic hydroxyl groups excluding tert-OH is 1. The van der Waals surface area contributed by atoms with E-state index in [2.05, 4.69) is 20.6 Å². The molecule has 0 saturated carbocycles. The quantitative estimate of drug-likeness (QED) is 0.750. The minimum absolute atomic E-state index is 0.372. The smallest absolute Gasteiger partial charge is 0.382 e. The molecule has 1 aromatic rings. The molecule has 0 saturated heterocycles. The molecular formula is C11H15F3N4O. The van der Waals surface area contributed by atoms with Crippen molar-refractivity contribution in [1.82, 2.24) is 15.3 Å². The van der Waals surface area contributed by atoms with Gasteiger partial charge in [0.15, 0.2) is 6.10 Å². The van der Waals surface area contributed by atoms with Gasteiger partial charge in [0.25, 0.3) is 0 Å². The van der Waals surface area contributed by atoms with Gasteiger partial charge in [-0.3, -0.25) is 0 Å². The Kier molecular flexibility index (Phi) is 4.20. The molecule has 0 aromatic carbocycles. The zero-order chi connectivity index (χ0) is 13.9. The molecule has 8 heteroatoms. The predicted octanol–water partition coefficient (Wildman–Crippen LogP) is 0.500. The van der Waals surface area contributed by atoms with Crippen LogP contribution in [-0.2, 0) is 12.8 Å². The second-order valence-corrected chi connectivity index (χ2v) is 4.34. The van der Waals surface area contributed by atoms with Gasteiger partial charge in [-0.25, -0.2) is 9.97 Å². The molecule has 2 rings (SSSR count). The van der Waals surface area contributed by atoms with Crippen LogP contribution in [0.3, 0.4) is 0 Å². The van der Waals surface area contributed by atoms with Crippen molar-refractivity contribution in [3.63, 3.8) is 0 Å². The molecule has 2 heterocycles. The van der Waals surface area contributed by atoms with Crippen molar-refractivity contribution in [2.75, 3.05) is 25.0 Å². The highest BCUT2D eigenvalue weighted by atomic mass is 19.4. The molecular weight excluding hydrogens is 261 g/mol. The highest BCUT2D eigenvalue weighted by Crippen LogP contribution is 2.22. The van der Waals surface area contributed by atoms with Crippen molar-refractivity contribution in [1.29, 1.82) is 0 Å². The van der Waals surface area contributed by atoms with Gasteiger partial charge in [-0.05, 0) is 13.0 Å². The molecule has 0 bridgehead atoms. The van der Waals surface area contributed by atoms with Crippen LogP contribution in [0.2, 0.25) is 0 Å². The first kappa shape index (κ1) is 14.0. The lowest BCUT2D eigenvalue weighted by atomic mass is 10.1. The van der Waals surface area contributed by atoms with E-state index in [9.17, 15) is 13.2 Å². The van der Waals surface area contributed by atoms with Gasteiger partial charge < -0.3 is 15.7 Å². The summed E-state index contributed by atoms with van der Waals surface area (Å²) in [5.74, 6) is 0.372. The van der Waals surface area contributed by atoms with Crippen LogP contribution < -0.4 is 10.6 Å². The highest BCUT2D eigenvalue weighted by Gasteiger charge is 2.38. The van der Waals surface area contributed by atoms with Gasteiger partial charge in [0.05, 0.1) is 12.2 Å². The molecule has 19 heavy (non-hydrogen) atoms. The van der Waals surface area contributed by atoms with Crippen molar-refractivity contribution in [3.05, 3.63) is 17.6 Å². The van der Waals surface area contributed by atoms with Crippen molar-refractivity contribution < 1.29 is 18.3 Å². The van der Waals surface area contributed by atoms with Crippen LogP contribution >= 0.6 is 0 Å². The zero-order valence-corrected chi connectivity index (χ0v) is 10.2. The first-order valence-corrected chi connectivity index (χ1v) is 6.00. The fourth-order valence-electron chi connectivity index (χ4n) is 1.93. The van der Waals surface area contributed by atoms with E-state index in [1.54, 1.807) is 0 Å². The Hall–Kier alpha value is -1.41. The summed E-state index contributed by atoms with van der Waals surface area (Å²) in [7, 11) is 0. The molecule has 1 aliphatic heterocycles. The van der Waals surface area contributed by atoms with E-state index >= 15 is 0 Å². The lowest BCUT2D eigenvalue weighted by molar-refractivity contribution is -0.198. The van der Waals surface area contributed by atoms with E-state index in [1.807, 2.05) is 0 Å². The fourth-order valence-corrected chi connectivity index (χ4v) is 1.93. The summed E-state index contributed by atoms with van der Waals surface area (Å²) in [5.41, 5.74) is 1.66. The number of rotatable bonds is 3. The first-order valence-electron chi connectivity index (χ1n) is 6.00. The van der Waals surface area contributed by atoms with Gasteiger partial charge in [-0.2, -0.15) is 13.2 Å². The van der Waals surface area contributed by atoms with Crippen molar-refractivity contribution in [3.8, 4) is 0 Å². The largest absolute Gasteiger partial charge is 0.416 e. The van der Waals surface area contributed by atoms with Crippen molar-refractivity contribution in [2.24, 2.45) is 0 Å². The molecule has 0 radical (unpaired) electrons. The molecule has 0 unspecified atom stereocenters. The number of aliphatic hydroxyl groups is 1. The first-order chi connectivity index (χ1) is 8.98. The Morgan fingerprint density at radius 2 is 2.05 bits per heavy atom. The van der Waals surface area contributed by atoms with Crippen LogP contribution in [0.25, 0.3) is 0 Å². The van der Waals surface area contributed by atoms with Crippen molar-refractivity contribution in [2.45, 2.75) is 25.1 Å². The second kappa shape index (κ2) is 5.70. The third kappa shape index (κ3) is 3.54. The van der Waals surface area contributed by atoms with Gasteiger partial charge in [0, 0.05) is 18.5 Å². The lowest BCUT2D eigenvalue weighted by Crippen LogP contribution is -2.35. The molecule has 1 aromatic heterocycles. The number of hydrogen-bond acceptors (Lipinski definition) is 5. The number of fused-ring (bicyclic) bond motifs is 1. The Morgan fingerprint density at radius 1 is 1.32 bits per heavy atom. The number of anilines is 1. The standard InChI is InChI=1S/C11H15F3N4O/c12-11(13,14)9(19)5-16-10-7-1-3-15-4-2-8(7)17-6-18-10/h6,9,15,19H,1-5H2,(H,16,17,18)/t9-/m0/s1. The van der Waals surface area contributed by atoms with Crippen molar-refractivity contribution >= 4 is 5.82 Å². The Labute approximate surface area is 108 Å². The summed E-state index contributed by atoms with van der Waals surface area (Å²) in [6.45, 7) is 0.909.